The van der Waals surface area contributed by atoms with Crippen molar-refractivity contribution in [1.82, 2.24) is 0 Å². The first-order valence-electron chi connectivity index (χ1n) is 7.31. The number of halogens is 1. The molecule has 7 heteroatoms. The topological polar surface area (TPSA) is 55.8 Å². The number of rotatable bonds is 5. The number of fused-ring (bicyclic) bond motifs is 1. The molecule has 0 bridgehead atoms. The van der Waals surface area contributed by atoms with Gasteiger partial charge in [-0.2, -0.15) is 0 Å². The van der Waals surface area contributed by atoms with Gasteiger partial charge in [0.2, 0.25) is 0 Å². The third-order valence-corrected chi connectivity index (χ3v) is 5.83. The Morgan fingerprint density at radius 3 is 2.42 bits per heavy atom. The molecule has 0 aliphatic carbocycles. The first-order chi connectivity index (χ1) is 11.5. The van der Waals surface area contributed by atoms with Gasteiger partial charge in [-0.15, -0.1) is 6.58 Å². The van der Waals surface area contributed by atoms with Crippen LogP contribution in [-0.4, -0.2) is 28.2 Å². The van der Waals surface area contributed by atoms with Crippen molar-refractivity contribution in [2.75, 3.05) is 24.1 Å². The van der Waals surface area contributed by atoms with Crippen molar-refractivity contribution < 1.29 is 17.9 Å². The maximum Gasteiger partial charge on any atom is 0.264 e. The summed E-state index contributed by atoms with van der Waals surface area (Å²) in [7, 11) is -3.75. The Labute approximate surface area is 149 Å². The Kier molecular flexibility index (Phi) is 4.82. The molecule has 0 saturated carbocycles. The molecule has 2 aromatic carbocycles. The molecule has 3 rings (SSSR count). The fourth-order valence-corrected chi connectivity index (χ4v) is 4.09. The van der Waals surface area contributed by atoms with Gasteiger partial charge in [-0.1, -0.05) is 22.0 Å². The standard InChI is InChI=1S/C17H16BrNO4S/c1-2-9-19(14-5-3-13(18)4-6-14)24(20,21)15-7-8-16-17(12-15)23-11-10-22-16/h2-8,12H,1,9-11H2. The number of ether oxygens (including phenoxy) is 2. The molecule has 0 saturated heterocycles. The van der Waals surface area contributed by atoms with Gasteiger partial charge in [0.1, 0.15) is 13.2 Å². The molecule has 2 aromatic rings. The van der Waals surface area contributed by atoms with Gasteiger partial charge in [0, 0.05) is 10.5 Å². The lowest BCUT2D eigenvalue weighted by atomic mass is 10.3. The van der Waals surface area contributed by atoms with Crippen molar-refractivity contribution >= 4 is 31.6 Å². The molecule has 0 aromatic heterocycles. The molecule has 1 aliphatic rings. The summed E-state index contributed by atoms with van der Waals surface area (Å²) in [6.07, 6.45) is 1.55. The van der Waals surface area contributed by atoms with Crippen LogP contribution in [-0.2, 0) is 10.0 Å². The van der Waals surface area contributed by atoms with Crippen LogP contribution in [0.2, 0.25) is 0 Å². The summed E-state index contributed by atoms with van der Waals surface area (Å²) < 4.78 is 39.2. The quantitative estimate of drug-likeness (QED) is 0.707. The van der Waals surface area contributed by atoms with E-state index in [0.717, 1.165) is 4.47 Å². The number of hydrogen-bond acceptors (Lipinski definition) is 4. The second kappa shape index (κ2) is 6.86. The highest BCUT2D eigenvalue weighted by molar-refractivity contribution is 9.10. The van der Waals surface area contributed by atoms with E-state index in [9.17, 15) is 8.42 Å². The van der Waals surface area contributed by atoms with Crippen molar-refractivity contribution in [3.05, 3.63) is 59.6 Å². The number of sulfonamides is 1. The predicted molar refractivity (Wildman–Crippen MR) is 96.3 cm³/mol. The minimum atomic E-state index is -3.75. The zero-order chi connectivity index (χ0) is 17.2. The van der Waals surface area contributed by atoms with Crippen LogP contribution in [0, 0.1) is 0 Å². The molecule has 0 atom stereocenters. The van der Waals surface area contributed by atoms with Crippen LogP contribution in [0.5, 0.6) is 11.5 Å². The van der Waals surface area contributed by atoms with Gasteiger partial charge in [0.15, 0.2) is 11.5 Å². The van der Waals surface area contributed by atoms with E-state index in [2.05, 4.69) is 22.5 Å². The summed E-state index contributed by atoms with van der Waals surface area (Å²) in [6.45, 7) is 4.69. The summed E-state index contributed by atoms with van der Waals surface area (Å²) in [5.74, 6) is 0.996. The van der Waals surface area contributed by atoms with Gasteiger partial charge in [-0.3, -0.25) is 4.31 Å². The molecule has 1 heterocycles. The van der Waals surface area contributed by atoms with E-state index in [1.54, 1.807) is 36.4 Å². The first kappa shape index (κ1) is 16.9. The molecule has 126 valence electrons. The zero-order valence-corrected chi connectivity index (χ0v) is 15.2. The molecule has 1 aliphatic heterocycles. The second-order valence-electron chi connectivity index (χ2n) is 5.11. The van der Waals surface area contributed by atoms with Crippen LogP contribution in [0.3, 0.4) is 0 Å². The van der Waals surface area contributed by atoms with E-state index < -0.39 is 10.0 Å². The Morgan fingerprint density at radius 2 is 1.75 bits per heavy atom. The van der Waals surface area contributed by atoms with Gasteiger partial charge in [-0.25, -0.2) is 8.42 Å². The third-order valence-electron chi connectivity index (χ3n) is 3.51. The SMILES string of the molecule is C=CCN(c1ccc(Br)cc1)S(=O)(=O)c1ccc2c(c1)OCCO2. The number of hydrogen-bond donors (Lipinski definition) is 0. The largest absolute Gasteiger partial charge is 0.486 e. The van der Waals surface area contributed by atoms with Crippen molar-refractivity contribution in [2.45, 2.75) is 4.90 Å². The van der Waals surface area contributed by atoms with Gasteiger partial charge in [0.05, 0.1) is 17.1 Å². The fraction of sp³-hybridized carbons (Fsp3) is 0.176. The number of nitrogens with zero attached hydrogens (tertiary/aromatic N) is 1. The minimum Gasteiger partial charge on any atom is -0.486 e. The van der Waals surface area contributed by atoms with Gasteiger partial charge >= 0.3 is 0 Å². The molecular weight excluding hydrogens is 394 g/mol. The highest BCUT2D eigenvalue weighted by Crippen LogP contribution is 2.34. The Morgan fingerprint density at radius 1 is 1.08 bits per heavy atom. The van der Waals surface area contributed by atoms with Crippen LogP contribution in [0.4, 0.5) is 5.69 Å². The molecule has 24 heavy (non-hydrogen) atoms. The molecule has 0 N–H and O–H groups in total. The summed E-state index contributed by atoms with van der Waals surface area (Å²) in [6, 6.07) is 11.7. The second-order valence-corrected chi connectivity index (χ2v) is 7.88. The van der Waals surface area contributed by atoms with Crippen LogP contribution >= 0.6 is 15.9 Å². The third kappa shape index (κ3) is 3.27. The maximum atomic E-state index is 13.1. The van der Waals surface area contributed by atoms with Crippen molar-refractivity contribution in [3.63, 3.8) is 0 Å². The predicted octanol–water partition coefficient (Wildman–Crippen LogP) is 3.60. The van der Waals surface area contributed by atoms with Crippen molar-refractivity contribution in [3.8, 4) is 11.5 Å². The Hall–Kier alpha value is -1.99. The van der Waals surface area contributed by atoms with Crippen molar-refractivity contribution in [1.29, 1.82) is 0 Å². The molecule has 0 fully saturated rings. The monoisotopic (exact) mass is 409 g/mol. The Balaban J connectivity index is 2.02. The lowest BCUT2D eigenvalue weighted by Gasteiger charge is -2.24. The van der Waals surface area contributed by atoms with Gasteiger partial charge in [-0.05, 0) is 36.4 Å². The lowest BCUT2D eigenvalue weighted by Crippen LogP contribution is -2.31. The fourth-order valence-electron chi connectivity index (χ4n) is 2.38. The van der Waals surface area contributed by atoms with E-state index in [1.807, 2.05) is 0 Å². The maximum absolute atomic E-state index is 13.1. The molecular formula is C17H16BrNO4S. The van der Waals surface area contributed by atoms with Crippen LogP contribution in [0.15, 0.2) is 64.5 Å². The van der Waals surface area contributed by atoms with E-state index in [1.165, 1.54) is 16.4 Å². The van der Waals surface area contributed by atoms with E-state index in [4.69, 9.17) is 9.47 Å². The van der Waals surface area contributed by atoms with Gasteiger partial charge in [0.25, 0.3) is 10.0 Å². The van der Waals surface area contributed by atoms with E-state index >= 15 is 0 Å². The summed E-state index contributed by atoms with van der Waals surface area (Å²) in [5, 5.41) is 0. The molecule has 0 unspecified atom stereocenters. The van der Waals surface area contributed by atoms with E-state index in [0.29, 0.717) is 30.4 Å². The first-order valence-corrected chi connectivity index (χ1v) is 9.54. The number of anilines is 1. The highest BCUT2D eigenvalue weighted by Gasteiger charge is 2.26. The minimum absolute atomic E-state index is 0.150. The average molecular weight is 410 g/mol. The van der Waals surface area contributed by atoms with Crippen LogP contribution in [0.25, 0.3) is 0 Å². The molecule has 0 amide bonds. The van der Waals surface area contributed by atoms with E-state index in [-0.39, 0.29) is 11.4 Å². The molecule has 0 radical (unpaired) electrons. The molecule has 5 nitrogen and oxygen atoms in total. The Bertz CT molecular complexity index is 849. The zero-order valence-electron chi connectivity index (χ0n) is 12.8. The summed E-state index contributed by atoms with van der Waals surface area (Å²) in [5.41, 5.74) is 0.563. The number of benzene rings is 2. The lowest BCUT2D eigenvalue weighted by molar-refractivity contribution is 0.171. The van der Waals surface area contributed by atoms with Crippen molar-refractivity contribution in [2.24, 2.45) is 0 Å². The van der Waals surface area contributed by atoms with Crippen LogP contribution < -0.4 is 13.8 Å². The molecule has 0 spiro atoms. The van der Waals surface area contributed by atoms with Gasteiger partial charge < -0.3 is 9.47 Å². The highest BCUT2D eigenvalue weighted by atomic mass is 79.9. The smallest absolute Gasteiger partial charge is 0.264 e. The summed E-state index contributed by atoms with van der Waals surface area (Å²) >= 11 is 3.35. The normalized spacial score (nSPS) is 13.4. The average Bonchev–Trinajstić information content (AvgIpc) is 2.60. The summed E-state index contributed by atoms with van der Waals surface area (Å²) in [4.78, 5) is 0.150. The van der Waals surface area contributed by atoms with Crippen LogP contribution in [0.1, 0.15) is 0 Å².